The molecule has 1 amide bonds. The second kappa shape index (κ2) is 5.03. The van der Waals surface area contributed by atoms with Crippen molar-refractivity contribution in [3.63, 3.8) is 0 Å². The average molecular weight is 305 g/mol. The van der Waals surface area contributed by atoms with E-state index in [9.17, 15) is 9.18 Å². The quantitative estimate of drug-likeness (QED) is 0.841. The van der Waals surface area contributed by atoms with Crippen molar-refractivity contribution in [3.8, 4) is 0 Å². The molecule has 22 heavy (non-hydrogen) atoms. The van der Waals surface area contributed by atoms with E-state index in [0.29, 0.717) is 26.3 Å². The summed E-state index contributed by atoms with van der Waals surface area (Å²) in [6.07, 6.45) is 3.18. The van der Waals surface area contributed by atoms with Gasteiger partial charge in [-0.1, -0.05) is 12.1 Å². The summed E-state index contributed by atoms with van der Waals surface area (Å²) in [6, 6.07) is 6.37. The van der Waals surface area contributed by atoms with Gasteiger partial charge in [-0.05, 0) is 30.5 Å². The molecule has 1 saturated carbocycles. The van der Waals surface area contributed by atoms with Gasteiger partial charge in [-0.15, -0.1) is 0 Å². The van der Waals surface area contributed by atoms with Crippen molar-refractivity contribution in [3.05, 3.63) is 35.6 Å². The molecule has 1 spiro atoms. The Hall–Kier alpha value is -1.46. The lowest BCUT2D eigenvalue weighted by molar-refractivity contribution is -0.188. The van der Waals surface area contributed by atoms with Crippen LogP contribution in [-0.2, 0) is 19.7 Å². The van der Waals surface area contributed by atoms with Gasteiger partial charge < -0.3 is 14.4 Å². The predicted molar refractivity (Wildman–Crippen MR) is 77.8 cm³/mol. The van der Waals surface area contributed by atoms with Crippen LogP contribution in [0.25, 0.3) is 0 Å². The third-order valence-electron chi connectivity index (χ3n) is 5.18. The molecule has 2 saturated heterocycles. The van der Waals surface area contributed by atoms with Crippen molar-refractivity contribution >= 4 is 5.91 Å². The van der Waals surface area contributed by atoms with Crippen LogP contribution in [0.4, 0.5) is 4.39 Å². The number of nitrogens with zero attached hydrogens (tertiary/aromatic N) is 1. The smallest absolute Gasteiger partial charge is 0.233 e. The number of amides is 1. The number of likely N-dealkylation sites (tertiary alicyclic amines) is 1. The van der Waals surface area contributed by atoms with Crippen molar-refractivity contribution in [1.82, 2.24) is 4.90 Å². The van der Waals surface area contributed by atoms with Crippen molar-refractivity contribution in [1.29, 1.82) is 0 Å². The molecule has 2 aliphatic heterocycles. The Labute approximate surface area is 129 Å². The van der Waals surface area contributed by atoms with Crippen LogP contribution >= 0.6 is 0 Å². The molecular weight excluding hydrogens is 285 g/mol. The first-order chi connectivity index (χ1) is 10.6. The highest BCUT2D eigenvalue weighted by Gasteiger charge is 2.54. The van der Waals surface area contributed by atoms with Crippen molar-refractivity contribution in [2.24, 2.45) is 0 Å². The normalized spacial score (nSPS) is 25.4. The molecule has 0 atom stereocenters. The number of rotatable bonds is 2. The summed E-state index contributed by atoms with van der Waals surface area (Å²) >= 11 is 0. The molecular formula is C17H20FNO3. The van der Waals surface area contributed by atoms with Gasteiger partial charge in [0.2, 0.25) is 5.91 Å². The van der Waals surface area contributed by atoms with Gasteiger partial charge in [-0.25, -0.2) is 4.39 Å². The van der Waals surface area contributed by atoms with Crippen LogP contribution in [-0.4, -0.2) is 42.9 Å². The molecule has 3 aliphatic rings. The molecule has 1 aromatic rings. The van der Waals surface area contributed by atoms with Gasteiger partial charge in [0.25, 0.3) is 0 Å². The molecule has 0 unspecified atom stereocenters. The van der Waals surface area contributed by atoms with Gasteiger partial charge in [-0.3, -0.25) is 4.79 Å². The fourth-order valence-corrected chi connectivity index (χ4v) is 3.66. The Bertz CT molecular complexity index is 566. The molecule has 0 bridgehead atoms. The lowest BCUT2D eigenvalue weighted by Gasteiger charge is -2.39. The number of carbonyl (C=O) groups excluding carboxylic acids is 1. The molecule has 1 aliphatic carbocycles. The van der Waals surface area contributed by atoms with E-state index in [4.69, 9.17) is 9.47 Å². The van der Waals surface area contributed by atoms with Crippen LogP contribution in [0.15, 0.2) is 24.3 Å². The fraction of sp³-hybridized carbons (Fsp3) is 0.588. The Morgan fingerprint density at radius 3 is 2.14 bits per heavy atom. The van der Waals surface area contributed by atoms with Crippen LogP contribution in [0.5, 0.6) is 0 Å². The second-order valence-corrected chi connectivity index (χ2v) is 6.49. The molecule has 0 aromatic heterocycles. The lowest BCUT2D eigenvalue weighted by atomic mass is 9.92. The average Bonchev–Trinajstić information content (AvgIpc) is 3.24. The maximum Gasteiger partial charge on any atom is 0.233 e. The SMILES string of the molecule is O=C(N1CCC2(CC1)OCCO2)C1(c2ccc(F)cc2)CC1. The van der Waals surface area contributed by atoms with Crippen LogP contribution in [0, 0.1) is 5.82 Å². The number of piperidine rings is 1. The zero-order chi connectivity index (χ0) is 15.2. The number of carbonyl (C=O) groups is 1. The molecule has 0 N–H and O–H groups in total. The summed E-state index contributed by atoms with van der Waals surface area (Å²) in [6.45, 7) is 2.63. The predicted octanol–water partition coefficient (Wildman–Crippen LogP) is 2.22. The summed E-state index contributed by atoms with van der Waals surface area (Å²) in [4.78, 5) is 14.8. The van der Waals surface area contributed by atoms with E-state index in [1.165, 1.54) is 12.1 Å². The first-order valence-corrected chi connectivity index (χ1v) is 7.97. The monoisotopic (exact) mass is 305 g/mol. The highest BCUT2D eigenvalue weighted by atomic mass is 19.1. The van der Waals surface area contributed by atoms with E-state index in [-0.39, 0.29) is 11.7 Å². The second-order valence-electron chi connectivity index (χ2n) is 6.49. The van der Waals surface area contributed by atoms with Gasteiger partial charge in [0.05, 0.1) is 18.6 Å². The van der Waals surface area contributed by atoms with Crippen LogP contribution in [0.3, 0.4) is 0 Å². The van der Waals surface area contributed by atoms with Gasteiger partial charge in [0.1, 0.15) is 5.82 Å². The fourth-order valence-electron chi connectivity index (χ4n) is 3.66. The zero-order valence-electron chi connectivity index (χ0n) is 12.5. The van der Waals surface area contributed by atoms with E-state index in [1.54, 1.807) is 12.1 Å². The summed E-state index contributed by atoms with van der Waals surface area (Å²) in [5.74, 6) is -0.544. The molecule has 4 rings (SSSR count). The molecule has 5 heteroatoms. The third kappa shape index (κ3) is 2.23. The minimum absolute atomic E-state index is 0.173. The van der Waals surface area contributed by atoms with Crippen molar-refractivity contribution in [2.75, 3.05) is 26.3 Å². The van der Waals surface area contributed by atoms with Crippen molar-refractivity contribution in [2.45, 2.75) is 36.9 Å². The Kier molecular flexibility index (Phi) is 3.24. The third-order valence-corrected chi connectivity index (χ3v) is 5.18. The van der Waals surface area contributed by atoms with Gasteiger partial charge in [-0.2, -0.15) is 0 Å². The summed E-state index contributed by atoms with van der Waals surface area (Å²) in [5, 5.41) is 0. The Balaban J connectivity index is 1.47. The minimum Gasteiger partial charge on any atom is -0.347 e. The minimum atomic E-state index is -0.455. The number of hydrogen-bond acceptors (Lipinski definition) is 3. The van der Waals surface area contributed by atoms with E-state index >= 15 is 0 Å². The van der Waals surface area contributed by atoms with Gasteiger partial charge in [0, 0.05) is 25.9 Å². The van der Waals surface area contributed by atoms with Crippen LogP contribution in [0.1, 0.15) is 31.2 Å². The van der Waals surface area contributed by atoms with E-state index in [0.717, 1.165) is 31.2 Å². The summed E-state index contributed by atoms with van der Waals surface area (Å²) < 4.78 is 24.5. The number of hydrogen-bond donors (Lipinski definition) is 0. The maximum atomic E-state index is 13.1. The number of ether oxygens (including phenoxy) is 2. The number of halogens is 1. The lowest BCUT2D eigenvalue weighted by Crippen LogP contribution is -2.50. The molecule has 4 nitrogen and oxygen atoms in total. The zero-order valence-corrected chi connectivity index (χ0v) is 12.5. The topological polar surface area (TPSA) is 38.8 Å². The molecule has 3 fully saturated rings. The van der Waals surface area contributed by atoms with E-state index in [2.05, 4.69) is 0 Å². The van der Waals surface area contributed by atoms with E-state index < -0.39 is 11.2 Å². The summed E-state index contributed by atoms with van der Waals surface area (Å²) in [7, 11) is 0. The highest BCUT2D eigenvalue weighted by Crippen LogP contribution is 2.50. The molecule has 0 radical (unpaired) electrons. The maximum absolute atomic E-state index is 13.1. The van der Waals surface area contributed by atoms with Crippen molar-refractivity contribution < 1.29 is 18.7 Å². The Morgan fingerprint density at radius 2 is 1.59 bits per heavy atom. The molecule has 1 aromatic carbocycles. The van der Waals surface area contributed by atoms with E-state index in [1.807, 2.05) is 4.90 Å². The Morgan fingerprint density at radius 1 is 1.00 bits per heavy atom. The van der Waals surface area contributed by atoms with Gasteiger partial charge >= 0.3 is 0 Å². The highest BCUT2D eigenvalue weighted by molar-refractivity contribution is 5.91. The standard InChI is InChI=1S/C17H20FNO3/c18-14-3-1-13(2-4-14)16(5-6-16)15(20)19-9-7-17(8-10-19)21-11-12-22-17/h1-4H,5-12H2. The molecule has 118 valence electrons. The van der Waals surface area contributed by atoms with Crippen LogP contribution in [0.2, 0.25) is 0 Å². The van der Waals surface area contributed by atoms with Crippen LogP contribution < -0.4 is 0 Å². The summed E-state index contributed by atoms with van der Waals surface area (Å²) in [5.41, 5.74) is 0.517. The number of benzene rings is 1. The largest absolute Gasteiger partial charge is 0.347 e. The first-order valence-electron chi connectivity index (χ1n) is 7.97. The first kappa shape index (κ1) is 14.2. The molecule has 2 heterocycles. The van der Waals surface area contributed by atoms with Gasteiger partial charge in [0.15, 0.2) is 5.79 Å².